The second-order valence-electron chi connectivity index (χ2n) is 5.85. The fraction of sp³-hybridized carbons (Fsp3) is 0.533. The summed E-state index contributed by atoms with van der Waals surface area (Å²) in [5.41, 5.74) is 0.690. The number of benzene rings is 1. The highest BCUT2D eigenvalue weighted by Gasteiger charge is 2.29. The zero-order chi connectivity index (χ0) is 13.9. The average molecular weight is 262 g/mol. The summed E-state index contributed by atoms with van der Waals surface area (Å²) in [6, 6.07) is 6.45. The van der Waals surface area contributed by atoms with Crippen LogP contribution in [-0.4, -0.2) is 42.6 Å². The third-order valence-electron chi connectivity index (χ3n) is 3.98. The van der Waals surface area contributed by atoms with Crippen molar-refractivity contribution in [3.63, 3.8) is 0 Å². The van der Waals surface area contributed by atoms with Crippen LogP contribution in [0.3, 0.4) is 0 Å². The molecule has 1 aliphatic heterocycles. The summed E-state index contributed by atoms with van der Waals surface area (Å²) in [4.78, 5) is 14.3. The number of piperidine rings is 1. The molecule has 0 aromatic heterocycles. The van der Waals surface area contributed by atoms with E-state index < -0.39 is 0 Å². The summed E-state index contributed by atoms with van der Waals surface area (Å²) in [5.74, 6) is 0.00852. The van der Waals surface area contributed by atoms with E-state index in [2.05, 4.69) is 24.2 Å². The van der Waals surface area contributed by atoms with Crippen LogP contribution in [0.1, 0.15) is 30.1 Å². The first-order chi connectivity index (χ1) is 8.98. The molecule has 19 heavy (non-hydrogen) atoms. The lowest BCUT2D eigenvalue weighted by Gasteiger charge is -2.37. The topological polar surface area (TPSA) is 52.6 Å². The molecular formula is C15H22N2O2. The van der Waals surface area contributed by atoms with Gasteiger partial charge in [-0.2, -0.15) is 0 Å². The van der Waals surface area contributed by atoms with E-state index in [0.717, 1.165) is 25.9 Å². The Hall–Kier alpha value is -1.55. The molecule has 1 fully saturated rings. The van der Waals surface area contributed by atoms with Crippen LogP contribution in [0, 0.1) is 5.41 Å². The van der Waals surface area contributed by atoms with Gasteiger partial charge in [0, 0.05) is 12.1 Å². The van der Waals surface area contributed by atoms with Crippen molar-refractivity contribution in [1.82, 2.24) is 10.2 Å². The van der Waals surface area contributed by atoms with Crippen LogP contribution in [0.15, 0.2) is 24.3 Å². The van der Waals surface area contributed by atoms with Gasteiger partial charge >= 0.3 is 0 Å². The highest BCUT2D eigenvalue weighted by molar-refractivity contribution is 5.94. The maximum atomic E-state index is 12.0. The maximum absolute atomic E-state index is 12.0. The van der Waals surface area contributed by atoms with E-state index in [1.54, 1.807) is 18.2 Å². The molecule has 4 nitrogen and oxygen atoms in total. The van der Waals surface area contributed by atoms with Crippen molar-refractivity contribution in [2.24, 2.45) is 5.41 Å². The molecule has 104 valence electrons. The molecule has 0 spiro atoms. The van der Waals surface area contributed by atoms with E-state index in [4.69, 9.17) is 0 Å². The predicted molar refractivity (Wildman–Crippen MR) is 75.3 cm³/mol. The van der Waals surface area contributed by atoms with E-state index in [0.29, 0.717) is 12.1 Å². The number of amides is 1. The maximum Gasteiger partial charge on any atom is 0.251 e. The number of phenols is 1. The van der Waals surface area contributed by atoms with Crippen LogP contribution < -0.4 is 5.32 Å². The molecule has 2 rings (SSSR count). The first-order valence-corrected chi connectivity index (χ1v) is 6.74. The lowest BCUT2D eigenvalue weighted by atomic mass is 9.80. The average Bonchev–Trinajstić information content (AvgIpc) is 2.40. The molecule has 1 aromatic carbocycles. The highest BCUT2D eigenvalue weighted by atomic mass is 16.3. The molecule has 0 unspecified atom stereocenters. The summed E-state index contributed by atoms with van der Waals surface area (Å²) in [7, 11) is 2.13. The van der Waals surface area contributed by atoms with Crippen LogP contribution in [0.5, 0.6) is 5.75 Å². The third kappa shape index (κ3) is 3.70. The Labute approximate surface area is 114 Å². The largest absolute Gasteiger partial charge is 0.508 e. The van der Waals surface area contributed by atoms with Crippen LogP contribution in [-0.2, 0) is 0 Å². The Bertz CT molecular complexity index is 451. The number of likely N-dealkylation sites (tertiary alicyclic amines) is 1. The molecule has 1 aromatic rings. The lowest BCUT2D eigenvalue weighted by Crippen LogP contribution is -2.43. The van der Waals surface area contributed by atoms with Crippen LogP contribution in [0.25, 0.3) is 0 Å². The van der Waals surface area contributed by atoms with Gasteiger partial charge in [0.1, 0.15) is 5.75 Å². The molecule has 0 bridgehead atoms. The molecule has 1 aliphatic rings. The molecule has 4 heteroatoms. The van der Waals surface area contributed by atoms with Gasteiger partial charge in [-0.3, -0.25) is 4.79 Å². The second-order valence-corrected chi connectivity index (χ2v) is 5.85. The standard InChI is InChI=1S/C15H22N2O2/c1-15(6-8-17(2)9-7-15)11-16-14(19)12-4-3-5-13(18)10-12/h3-5,10,18H,6-9,11H2,1-2H3,(H,16,19). The number of rotatable bonds is 3. The van der Waals surface area contributed by atoms with Gasteiger partial charge in [0.05, 0.1) is 0 Å². The smallest absolute Gasteiger partial charge is 0.251 e. The fourth-order valence-corrected chi connectivity index (χ4v) is 2.38. The lowest BCUT2D eigenvalue weighted by molar-refractivity contribution is 0.0891. The first-order valence-electron chi connectivity index (χ1n) is 6.74. The molecule has 0 radical (unpaired) electrons. The minimum Gasteiger partial charge on any atom is -0.508 e. The molecule has 0 saturated carbocycles. The van der Waals surface area contributed by atoms with E-state index in [1.807, 2.05) is 0 Å². The minimum atomic E-state index is -0.115. The molecular weight excluding hydrogens is 240 g/mol. The SMILES string of the molecule is CN1CCC(C)(CNC(=O)c2cccc(O)c2)CC1. The van der Waals surface area contributed by atoms with Crippen molar-refractivity contribution in [1.29, 1.82) is 0 Å². The minimum absolute atomic E-state index is 0.115. The molecule has 2 N–H and O–H groups in total. The number of carbonyl (C=O) groups excluding carboxylic acids is 1. The van der Waals surface area contributed by atoms with Gasteiger partial charge in [0.25, 0.3) is 5.91 Å². The Kier molecular flexibility index (Phi) is 4.10. The zero-order valence-corrected chi connectivity index (χ0v) is 11.6. The van der Waals surface area contributed by atoms with Crippen LogP contribution in [0.2, 0.25) is 0 Å². The Balaban J connectivity index is 1.90. The summed E-state index contributed by atoms with van der Waals surface area (Å²) < 4.78 is 0. The van der Waals surface area contributed by atoms with Crippen molar-refractivity contribution in [3.05, 3.63) is 29.8 Å². The van der Waals surface area contributed by atoms with Gasteiger partial charge in [0.15, 0.2) is 0 Å². The van der Waals surface area contributed by atoms with Crippen LogP contribution >= 0.6 is 0 Å². The number of hydrogen-bond acceptors (Lipinski definition) is 3. The number of hydrogen-bond donors (Lipinski definition) is 2. The number of aromatic hydroxyl groups is 1. The van der Waals surface area contributed by atoms with Crippen molar-refractivity contribution >= 4 is 5.91 Å². The molecule has 0 atom stereocenters. The summed E-state index contributed by atoms with van der Waals surface area (Å²) in [5, 5.41) is 12.4. The normalized spacial score (nSPS) is 19.1. The van der Waals surface area contributed by atoms with E-state index >= 15 is 0 Å². The van der Waals surface area contributed by atoms with E-state index in [1.165, 1.54) is 6.07 Å². The van der Waals surface area contributed by atoms with Crippen LogP contribution in [0.4, 0.5) is 0 Å². The van der Waals surface area contributed by atoms with Gasteiger partial charge in [-0.1, -0.05) is 13.0 Å². The quantitative estimate of drug-likeness (QED) is 0.874. The number of phenolic OH excluding ortho intramolecular Hbond substituents is 1. The first kappa shape index (κ1) is 13.9. The molecule has 1 saturated heterocycles. The molecule has 0 aliphatic carbocycles. The van der Waals surface area contributed by atoms with Gasteiger partial charge in [-0.15, -0.1) is 0 Å². The van der Waals surface area contributed by atoms with Gasteiger partial charge < -0.3 is 15.3 Å². The van der Waals surface area contributed by atoms with Gasteiger partial charge in [-0.05, 0) is 56.6 Å². The number of carbonyl (C=O) groups is 1. The monoisotopic (exact) mass is 262 g/mol. The predicted octanol–water partition coefficient (Wildman–Crippen LogP) is 1.85. The van der Waals surface area contributed by atoms with Crippen molar-refractivity contribution in [2.45, 2.75) is 19.8 Å². The zero-order valence-electron chi connectivity index (χ0n) is 11.6. The summed E-state index contributed by atoms with van der Waals surface area (Å²) in [6.07, 6.45) is 2.20. The van der Waals surface area contributed by atoms with Crippen molar-refractivity contribution in [3.8, 4) is 5.75 Å². The van der Waals surface area contributed by atoms with Gasteiger partial charge in [0.2, 0.25) is 0 Å². The van der Waals surface area contributed by atoms with Crippen molar-refractivity contribution in [2.75, 3.05) is 26.7 Å². The number of nitrogens with zero attached hydrogens (tertiary/aromatic N) is 1. The second kappa shape index (κ2) is 5.61. The Morgan fingerprint density at radius 3 is 2.74 bits per heavy atom. The number of nitrogens with one attached hydrogen (secondary N) is 1. The Morgan fingerprint density at radius 2 is 2.11 bits per heavy atom. The van der Waals surface area contributed by atoms with E-state index in [-0.39, 0.29) is 17.1 Å². The van der Waals surface area contributed by atoms with Crippen molar-refractivity contribution < 1.29 is 9.90 Å². The Morgan fingerprint density at radius 1 is 1.42 bits per heavy atom. The highest BCUT2D eigenvalue weighted by Crippen LogP contribution is 2.29. The fourth-order valence-electron chi connectivity index (χ4n) is 2.38. The molecule has 1 heterocycles. The van der Waals surface area contributed by atoms with Gasteiger partial charge in [-0.25, -0.2) is 0 Å². The summed E-state index contributed by atoms with van der Waals surface area (Å²) in [6.45, 7) is 5.08. The summed E-state index contributed by atoms with van der Waals surface area (Å²) >= 11 is 0. The third-order valence-corrected chi connectivity index (χ3v) is 3.98. The molecule has 1 amide bonds. The van der Waals surface area contributed by atoms with E-state index in [9.17, 15) is 9.90 Å².